The van der Waals surface area contributed by atoms with Crippen molar-refractivity contribution < 1.29 is 4.79 Å². The van der Waals surface area contributed by atoms with E-state index < -0.39 is 0 Å². The monoisotopic (exact) mass is 192 g/mol. The standard InChI is InChI=1S/C11H12OS/c1-9(2)11(12)13-8-10-6-4-3-5-7-10/h3-7H,1,8H2,2H3. The smallest absolute Gasteiger partial charge is 0.214 e. The molecule has 0 aliphatic rings. The first-order valence-electron chi connectivity index (χ1n) is 4.06. The minimum absolute atomic E-state index is 0.0730. The number of rotatable bonds is 3. The van der Waals surface area contributed by atoms with Crippen molar-refractivity contribution in [2.24, 2.45) is 0 Å². The van der Waals surface area contributed by atoms with E-state index in [0.29, 0.717) is 5.57 Å². The second kappa shape index (κ2) is 4.87. The molecule has 0 bridgehead atoms. The first-order valence-corrected chi connectivity index (χ1v) is 5.05. The fraction of sp³-hybridized carbons (Fsp3) is 0.182. The second-order valence-corrected chi connectivity index (χ2v) is 3.79. The molecule has 0 aliphatic heterocycles. The largest absolute Gasteiger partial charge is 0.282 e. The van der Waals surface area contributed by atoms with Gasteiger partial charge >= 0.3 is 0 Å². The number of carbonyl (C=O) groups excluding carboxylic acids is 1. The van der Waals surface area contributed by atoms with E-state index in [-0.39, 0.29) is 5.12 Å². The summed E-state index contributed by atoms with van der Waals surface area (Å²) in [6, 6.07) is 9.94. The van der Waals surface area contributed by atoms with Crippen molar-refractivity contribution in [3.63, 3.8) is 0 Å². The molecular weight excluding hydrogens is 180 g/mol. The zero-order valence-corrected chi connectivity index (χ0v) is 8.43. The lowest BCUT2D eigenvalue weighted by Crippen LogP contribution is -1.92. The Bertz CT molecular complexity index is 303. The summed E-state index contributed by atoms with van der Waals surface area (Å²) in [6.07, 6.45) is 0. The van der Waals surface area contributed by atoms with Crippen molar-refractivity contribution in [3.05, 3.63) is 48.0 Å². The first-order chi connectivity index (χ1) is 6.20. The van der Waals surface area contributed by atoms with E-state index in [1.54, 1.807) is 6.92 Å². The maximum atomic E-state index is 11.2. The van der Waals surface area contributed by atoms with E-state index in [2.05, 4.69) is 6.58 Å². The highest BCUT2D eigenvalue weighted by Crippen LogP contribution is 2.15. The first kappa shape index (κ1) is 10.1. The normalized spacial score (nSPS) is 9.62. The lowest BCUT2D eigenvalue weighted by molar-refractivity contribution is -0.107. The molecule has 0 atom stereocenters. The Morgan fingerprint density at radius 2 is 2.00 bits per heavy atom. The fourth-order valence-corrected chi connectivity index (χ4v) is 1.58. The summed E-state index contributed by atoms with van der Waals surface area (Å²) < 4.78 is 0. The molecule has 0 spiro atoms. The maximum Gasteiger partial charge on any atom is 0.214 e. The molecule has 0 saturated carbocycles. The molecule has 0 heterocycles. The van der Waals surface area contributed by atoms with E-state index in [4.69, 9.17) is 0 Å². The van der Waals surface area contributed by atoms with Gasteiger partial charge in [-0.25, -0.2) is 0 Å². The van der Waals surface area contributed by atoms with Crippen LogP contribution in [0.15, 0.2) is 42.5 Å². The highest BCUT2D eigenvalue weighted by Gasteiger charge is 2.02. The van der Waals surface area contributed by atoms with Crippen molar-refractivity contribution in [3.8, 4) is 0 Å². The summed E-state index contributed by atoms with van der Waals surface area (Å²) in [4.78, 5) is 11.2. The van der Waals surface area contributed by atoms with Crippen LogP contribution in [0.4, 0.5) is 0 Å². The average Bonchev–Trinajstić information content (AvgIpc) is 2.15. The van der Waals surface area contributed by atoms with Gasteiger partial charge in [0.25, 0.3) is 0 Å². The van der Waals surface area contributed by atoms with Gasteiger partial charge in [-0.05, 0) is 18.1 Å². The third-order valence-electron chi connectivity index (χ3n) is 1.56. The lowest BCUT2D eigenvalue weighted by atomic mass is 10.2. The number of benzene rings is 1. The van der Waals surface area contributed by atoms with Gasteiger partial charge in [-0.1, -0.05) is 48.7 Å². The van der Waals surface area contributed by atoms with E-state index in [0.717, 1.165) is 5.75 Å². The van der Waals surface area contributed by atoms with E-state index in [1.807, 2.05) is 30.3 Å². The molecule has 0 aromatic heterocycles. The summed E-state index contributed by atoms with van der Waals surface area (Å²) in [6.45, 7) is 5.33. The van der Waals surface area contributed by atoms with Crippen LogP contribution < -0.4 is 0 Å². The molecule has 1 aromatic carbocycles. The van der Waals surface area contributed by atoms with Crippen LogP contribution in [0.3, 0.4) is 0 Å². The number of hydrogen-bond donors (Lipinski definition) is 0. The molecule has 0 fully saturated rings. The summed E-state index contributed by atoms with van der Waals surface area (Å²) in [5.74, 6) is 0.729. The van der Waals surface area contributed by atoms with Gasteiger partial charge in [0.05, 0.1) is 0 Å². The van der Waals surface area contributed by atoms with Crippen LogP contribution in [-0.4, -0.2) is 5.12 Å². The van der Waals surface area contributed by atoms with Crippen LogP contribution in [0.2, 0.25) is 0 Å². The van der Waals surface area contributed by atoms with Gasteiger partial charge in [-0.3, -0.25) is 4.79 Å². The highest BCUT2D eigenvalue weighted by molar-refractivity contribution is 8.13. The van der Waals surface area contributed by atoms with Crippen LogP contribution in [0.5, 0.6) is 0 Å². The zero-order valence-electron chi connectivity index (χ0n) is 7.62. The third-order valence-corrected chi connectivity index (χ3v) is 2.65. The van der Waals surface area contributed by atoms with Crippen molar-refractivity contribution in [2.45, 2.75) is 12.7 Å². The third kappa shape index (κ3) is 3.47. The maximum absolute atomic E-state index is 11.2. The van der Waals surface area contributed by atoms with Gasteiger partial charge in [-0.2, -0.15) is 0 Å². The van der Waals surface area contributed by atoms with Gasteiger partial charge in [0.15, 0.2) is 0 Å². The lowest BCUT2D eigenvalue weighted by Gasteiger charge is -1.99. The molecule has 13 heavy (non-hydrogen) atoms. The van der Waals surface area contributed by atoms with Crippen LogP contribution in [0.25, 0.3) is 0 Å². The van der Waals surface area contributed by atoms with Gasteiger partial charge < -0.3 is 0 Å². The molecule has 0 amide bonds. The van der Waals surface area contributed by atoms with Crippen molar-refractivity contribution in [1.82, 2.24) is 0 Å². The SMILES string of the molecule is C=C(C)C(=O)SCc1ccccc1. The fourth-order valence-electron chi connectivity index (χ4n) is 0.846. The van der Waals surface area contributed by atoms with Crippen LogP contribution >= 0.6 is 11.8 Å². The Hall–Kier alpha value is -1.02. The molecule has 2 heteroatoms. The molecule has 0 N–H and O–H groups in total. The quantitative estimate of drug-likeness (QED) is 0.685. The minimum Gasteiger partial charge on any atom is -0.282 e. The minimum atomic E-state index is 0.0730. The Kier molecular flexibility index (Phi) is 3.77. The zero-order chi connectivity index (χ0) is 9.68. The molecule has 0 aliphatic carbocycles. The molecule has 1 aromatic rings. The number of thioether (sulfide) groups is 1. The molecule has 1 rings (SSSR count). The summed E-state index contributed by atoms with van der Waals surface area (Å²) in [5.41, 5.74) is 1.78. The summed E-state index contributed by atoms with van der Waals surface area (Å²) >= 11 is 1.30. The Labute approximate surface area is 82.9 Å². The summed E-state index contributed by atoms with van der Waals surface area (Å²) in [7, 11) is 0. The molecule has 68 valence electrons. The Morgan fingerprint density at radius 3 is 2.54 bits per heavy atom. The number of hydrogen-bond acceptors (Lipinski definition) is 2. The Balaban J connectivity index is 2.44. The van der Waals surface area contributed by atoms with Gasteiger partial charge in [0.1, 0.15) is 0 Å². The van der Waals surface area contributed by atoms with Crippen LogP contribution in [0.1, 0.15) is 12.5 Å². The predicted octanol–water partition coefficient (Wildman–Crippen LogP) is 3.02. The molecule has 0 unspecified atom stereocenters. The van der Waals surface area contributed by atoms with E-state index in [9.17, 15) is 4.79 Å². The van der Waals surface area contributed by atoms with E-state index in [1.165, 1.54) is 17.3 Å². The second-order valence-electron chi connectivity index (χ2n) is 2.84. The average molecular weight is 192 g/mol. The van der Waals surface area contributed by atoms with Crippen molar-refractivity contribution in [1.29, 1.82) is 0 Å². The summed E-state index contributed by atoms with van der Waals surface area (Å²) in [5, 5.41) is 0.0730. The van der Waals surface area contributed by atoms with Gasteiger partial charge in [0.2, 0.25) is 5.12 Å². The number of carbonyl (C=O) groups is 1. The molecule has 0 radical (unpaired) electrons. The molecule has 1 nitrogen and oxygen atoms in total. The predicted molar refractivity (Wildman–Crippen MR) is 57.6 cm³/mol. The van der Waals surface area contributed by atoms with Gasteiger partial charge in [0, 0.05) is 5.75 Å². The Morgan fingerprint density at radius 1 is 1.38 bits per heavy atom. The van der Waals surface area contributed by atoms with Crippen LogP contribution in [0, 0.1) is 0 Å². The van der Waals surface area contributed by atoms with Crippen molar-refractivity contribution in [2.75, 3.05) is 0 Å². The molecule has 0 saturated heterocycles. The highest BCUT2D eigenvalue weighted by atomic mass is 32.2. The van der Waals surface area contributed by atoms with Crippen LogP contribution in [-0.2, 0) is 10.5 Å². The molecular formula is C11H12OS. The van der Waals surface area contributed by atoms with Crippen molar-refractivity contribution >= 4 is 16.9 Å². The van der Waals surface area contributed by atoms with E-state index >= 15 is 0 Å². The topological polar surface area (TPSA) is 17.1 Å². The van der Waals surface area contributed by atoms with Gasteiger partial charge in [-0.15, -0.1) is 0 Å².